The number of aromatic amines is 2. The second-order valence-corrected chi connectivity index (χ2v) is 20.3. The topological polar surface area (TPSA) is 212 Å². The summed E-state index contributed by atoms with van der Waals surface area (Å²) in [6, 6.07) is 13.5. The number of anilines is 1. The number of imidazole rings is 2. The third-order valence-corrected chi connectivity index (χ3v) is 14.4. The van der Waals surface area contributed by atoms with Gasteiger partial charge in [-0.2, -0.15) is 0 Å². The normalized spacial score (nSPS) is 21.0. The number of amides is 4. The number of carbonyl (C=O) groups is 4. The van der Waals surface area contributed by atoms with Crippen molar-refractivity contribution in [2.75, 3.05) is 38.5 Å². The van der Waals surface area contributed by atoms with Crippen LogP contribution in [0.3, 0.4) is 0 Å². The van der Waals surface area contributed by atoms with Crippen molar-refractivity contribution in [3.63, 3.8) is 0 Å². The molecule has 0 saturated carbocycles. The molecule has 6 atom stereocenters. The van der Waals surface area contributed by atoms with Crippen molar-refractivity contribution in [2.24, 2.45) is 11.8 Å². The number of likely N-dealkylation sites (tertiary alicyclic amines) is 2. The molecule has 3 aliphatic heterocycles. The first-order chi connectivity index (χ1) is 31.5. The van der Waals surface area contributed by atoms with Gasteiger partial charge in [0, 0.05) is 25.0 Å². The number of aromatic nitrogens is 4. The molecule has 8 rings (SSSR count). The summed E-state index contributed by atoms with van der Waals surface area (Å²) in [5, 5.41) is 5.39. The zero-order valence-electron chi connectivity index (χ0n) is 38.3. The van der Waals surface area contributed by atoms with Gasteiger partial charge < -0.3 is 44.8 Å². The maximum atomic E-state index is 15.8. The summed E-state index contributed by atoms with van der Waals surface area (Å²) in [4.78, 5) is 74.1. The van der Waals surface area contributed by atoms with E-state index in [0.717, 1.165) is 41.3 Å². The Balaban J connectivity index is 1.10. The molecule has 0 aliphatic carbocycles. The lowest BCUT2D eigenvalue weighted by Crippen LogP contribution is -2.51. The van der Waals surface area contributed by atoms with Crippen LogP contribution < -0.4 is 15.5 Å². The SMILES string of the molecule is COC(=O)N[C@H](C(=O)N1CCCC1c1nc2ccc([C@H]3CC[C@H](c4ccc5nc(C6CCCN6C(=O)[C@@H](NC(=O)OC)C(C)C)[nH]c5c4)N3c3ccc(S(C)(=O)=O)c(F)c3)cc2[nH]1)C(C)C. The zero-order valence-corrected chi connectivity index (χ0v) is 39.1. The molecule has 2 unspecified atom stereocenters. The van der Waals surface area contributed by atoms with Crippen LogP contribution in [0.5, 0.6) is 0 Å². The number of hydrogen-bond donors (Lipinski definition) is 4. The highest BCUT2D eigenvalue weighted by molar-refractivity contribution is 7.90. The van der Waals surface area contributed by atoms with E-state index >= 15 is 4.39 Å². The zero-order chi connectivity index (χ0) is 47.2. The standard InChI is InChI=1S/C47H58FN9O8S/c1-25(2)40(53-46(60)64-5)44(58)55-20-8-10-37(55)42-49-31-15-12-27(22-33(31)51-42)35-17-18-36(57(35)29-14-19-39(30(48)24-29)66(7,62)63)28-13-16-32-34(23-28)52-43(50-32)38-11-9-21-56(38)45(59)41(26(3)4)54-47(61)65-6/h12-16,19,22-26,35-38,40-41H,8-11,17-18,20-21H2,1-7H3,(H,49,51)(H,50,52)(H,53,60)(H,54,61)/t35-,36-,37?,38?,40+,41+/m1/s1. The Hall–Kier alpha value is -6.24. The third kappa shape index (κ3) is 9.00. The lowest BCUT2D eigenvalue weighted by atomic mass is 10.0. The lowest BCUT2D eigenvalue weighted by Gasteiger charge is -2.33. The number of hydrogen-bond acceptors (Lipinski definition) is 11. The number of fused-ring (bicyclic) bond motifs is 2. The number of ether oxygens (including phenoxy) is 2. The highest BCUT2D eigenvalue weighted by atomic mass is 32.2. The highest BCUT2D eigenvalue weighted by Crippen LogP contribution is 2.48. The van der Waals surface area contributed by atoms with Gasteiger partial charge in [0.05, 0.1) is 60.5 Å². The average Bonchev–Trinajstić information content (AvgIpc) is 4.14. The minimum atomic E-state index is -3.83. The van der Waals surface area contributed by atoms with Crippen LogP contribution in [0.25, 0.3) is 22.1 Å². The van der Waals surface area contributed by atoms with Gasteiger partial charge in [-0.25, -0.2) is 32.4 Å². The summed E-state index contributed by atoms with van der Waals surface area (Å²) < 4.78 is 50.3. The fraction of sp³-hybridized carbons (Fsp3) is 0.489. The summed E-state index contributed by atoms with van der Waals surface area (Å²) >= 11 is 0. The first kappa shape index (κ1) is 46.3. The summed E-state index contributed by atoms with van der Waals surface area (Å²) in [6.45, 7) is 8.52. The number of nitrogens with zero attached hydrogens (tertiary/aromatic N) is 5. The monoisotopic (exact) mass is 927 g/mol. The van der Waals surface area contributed by atoms with E-state index in [9.17, 15) is 27.6 Å². The molecule has 66 heavy (non-hydrogen) atoms. The molecule has 3 aromatic carbocycles. The Morgan fingerprint density at radius 3 is 1.53 bits per heavy atom. The maximum Gasteiger partial charge on any atom is 0.407 e. The van der Waals surface area contributed by atoms with Crippen molar-refractivity contribution in [1.29, 1.82) is 0 Å². The molecular weight excluding hydrogens is 870 g/mol. The van der Waals surface area contributed by atoms with Crippen LogP contribution >= 0.6 is 0 Å². The third-order valence-electron chi connectivity index (χ3n) is 13.3. The van der Waals surface area contributed by atoms with Gasteiger partial charge >= 0.3 is 12.2 Å². The van der Waals surface area contributed by atoms with Crippen molar-refractivity contribution in [1.82, 2.24) is 40.4 Å². The molecule has 3 saturated heterocycles. The molecule has 352 valence electrons. The minimum Gasteiger partial charge on any atom is -0.453 e. The predicted octanol–water partition coefficient (Wildman–Crippen LogP) is 7.15. The van der Waals surface area contributed by atoms with Crippen molar-refractivity contribution in [3.8, 4) is 0 Å². The Labute approximate surface area is 383 Å². The molecule has 5 heterocycles. The molecule has 4 amide bonds. The number of halogens is 1. The van der Waals surface area contributed by atoms with Crippen LogP contribution in [0.4, 0.5) is 19.7 Å². The number of carbonyl (C=O) groups excluding carboxylic acids is 4. The van der Waals surface area contributed by atoms with E-state index in [2.05, 4.69) is 25.5 Å². The quantitative estimate of drug-likeness (QED) is 0.0987. The molecule has 3 fully saturated rings. The van der Waals surface area contributed by atoms with E-state index in [1.165, 1.54) is 26.4 Å². The van der Waals surface area contributed by atoms with Gasteiger partial charge in [0.25, 0.3) is 0 Å². The van der Waals surface area contributed by atoms with Crippen LogP contribution in [-0.2, 0) is 28.9 Å². The smallest absolute Gasteiger partial charge is 0.407 e. The Morgan fingerprint density at radius 1 is 0.682 bits per heavy atom. The number of sulfone groups is 1. The van der Waals surface area contributed by atoms with E-state index in [1.807, 2.05) is 64.1 Å². The van der Waals surface area contributed by atoms with Crippen molar-refractivity contribution in [3.05, 3.63) is 83.2 Å². The van der Waals surface area contributed by atoms with Gasteiger partial charge in [-0.3, -0.25) is 9.59 Å². The Kier molecular flexibility index (Phi) is 13.0. The molecule has 0 spiro atoms. The van der Waals surface area contributed by atoms with E-state index in [0.29, 0.717) is 67.1 Å². The first-order valence-electron chi connectivity index (χ1n) is 22.5. The molecule has 19 heteroatoms. The first-order valence-corrected chi connectivity index (χ1v) is 24.4. The molecular formula is C47H58FN9O8S. The summed E-state index contributed by atoms with van der Waals surface area (Å²) in [7, 11) is -1.30. The van der Waals surface area contributed by atoms with Crippen molar-refractivity contribution >= 4 is 61.6 Å². The largest absolute Gasteiger partial charge is 0.453 e. The fourth-order valence-corrected chi connectivity index (χ4v) is 10.7. The summed E-state index contributed by atoms with van der Waals surface area (Å²) in [5.41, 5.74) is 5.36. The van der Waals surface area contributed by atoms with Crippen LogP contribution in [0.2, 0.25) is 0 Å². The number of benzene rings is 3. The van der Waals surface area contributed by atoms with Gasteiger partial charge in [-0.05, 0) is 104 Å². The lowest BCUT2D eigenvalue weighted by molar-refractivity contribution is -0.136. The van der Waals surface area contributed by atoms with Gasteiger partial charge in [0.2, 0.25) is 11.8 Å². The van der Waals surface area contributed by atoms with Crippen molar-refractivity contribution in [2.45, 2.75) is 107 Å². The fourth-order valence-electron chi connectivity index (χ4n) is 9.99. The number of nitrogens with one attached hydrogen (secondary N) is 4. The summed E-state index contributed by atoms with van der Waals surface area (Å²) in [5.74, 6) is -0.309. The molecule has 17 nitrogen and oxygen atoms in total. The summed E-state index contributed by atoms with van der Waals surface area (Å²) in [6.07, 6.45) is 3.95. The average molecular weight is 928 g/mol. The second-order valence-electron chi connectivity index (χ2n) is 18.3. The molecule has 0 bridgehead atoms. The number of methoxy groups -OCH3 is 2. The second kappa shape index (κ2) is 18.6. The molecule has 3 aliphatic rings. The van der Waals surface area contributed by atoms with Gasteiger partial charge in [-0.15, -0.1) is 0 Å². The predicted molar refractivity (Wildman–Crippen MR) is 245 cm³/mol. The van der Waals surface area contributed by atoms with Gasteiger partial charge in [0.15, 0.2) is 9.84 Å². The van der Waals surface area contributed by atoms with E-state index in [-0.39, 0.29) is 52.7 Å². The minimum absolute atomic E-state index is 0.175. The Morgan fingerprint density at radius 2 is 1.14 bits per heavy atom. The van der Waals surface area contributed by atoms with Crippen LogP contribution in [0.1, 0.15) is 113 Å². The van der Waals surface area contributed by atoms with E-state index in [4.69, 9.17) is 19.4 Å². The Bertz CT molecular complexity index is 2630. The highest BCUT2D eigenvalue weighted by Gasteiger charge is 2.41. The molecule has 5 aromatic rings. The van der Waals surface area contributed by atoms with E-state index in [1.54, 1.807) is 15.9 Å². The van der Waals surface area contributed by atoms with Gasteiger partial charge in [-0.1, -0.05) is 39.8 Å². The van der Waals surface area contributed by atoms with E-state index < -0.39 is 39.9 Å². The van der Waals surface area contributed by atoms with Crippen LogP contribution in [0.15, 0.2) is 59.5 Å². The van der Waals surface area contributed by atoms with Crippen molar-refractivity contribution < 1.29 is 41.5 Å². The maximum absolute atomic E-state index is 15.8. The molecule has 0 radical (unpaired) electrons. The number of alkyl carbamates (subject to hydrolysis) is 2. The number of H-pyrrole nitrogens is 2. The number of rotatable bonds is 12. The van der Waals surface area contributed by atoms with Crippen LogP contribution in [0, 0.1) is 17.7 Å². The van der Waals surface area contributed by atoms with Crippen LogP contribution in [-0.4, -0.2) is 108 Å². The molecule has 4 N–H and O–H groups in total. The van der Waals surface area contributed by atoms with Gasteiger partial charge in [0.1, 0.15) is 34.4 Å². The molecule has 2 aromatic heterocycles.